The molecule has 0 unspecified atom stereocenters. The minimum atomic E-state index is -4.29. The second kappa shape index (κ2) is 5.88. The Morgan fingerprint density at radius 2 is 1.48 bits per heavy atom. The quantitative estimate of drug-likeness (QED) is 0.211. The van der Waals surface area contributed by atoms with Crippen molar-refractivity contribution in [1.29, 1.82) is 0 Å². The van der Waals surface area contributed by atoms with E-state index in [9.17, 15) is 13.2 Å². The lowest BCUT2D eigenvalue weighted by atomic mass is 9.83. The summed E-state index contributed by atoms with van der Waals surface area (Å²) in [5, 5.41) is 4.82. The van der Waals surface area contributed by atoms with Crippen molar-refractivity contribution in [2.45, 2.75) is 26.4 Å². The van der Waals surface area contributed by atoms with Gasteiger partial charge in [0.1, 0.15) is 0 Å². The number of aromatic nitrogens is 2. The number of benzene rings is 3. The minimum absolute atomic E-state index is 0.0871. The molecular weight excluding hydrogens is 397 g/mol. The van der Waals surface area contributed by atoms with Crippen molar-refractivity contribution < 1.29 is 13.2 Å². The van der Waals surface area contributed by atoms with Crippen molar-refractivity contribution in [3.63, 3.8) is 0 Å². The molecule has 0 N–H and O–H groups in total. The lowest BCUT2D eigenvalue weighted by Crippen LogP contribution is -2.34. The van der Waals surface area contributed by atoms with Gasteiger partial charge in [-0.15, -0.1) is 0 Å². The van der Waals surface area contributed by atoms with E-state index in [2.05, 4.69) is 21.5 Å². The van der Waals surface area contributed by atoms with E-state index in [0.717, 1.165) is 54.6 Å². The van der Waals surface area contributed by atoms with Crippen LogP contribution in [0, 0.1) is 5.41 Å². The largest absolute Gasteiger partial charge is 0.394 e. The number of fused-ring (bicyclic) bond motifs is 6. The predicted octanol–water partition coefficient (Wildman–Crippen LogP) is 7.52. The molecule has 31 heavy (non-hydrogen) atoms. The van der Waals surface area contributed by atoms with E-state index in [-0.39, 0.29) is 6.42 Å². The summed E-state index contributed by atoms with van der Waals surface area (Å²) in [5.74, 6) is 0. The number of alkyl halides is 3. The summed E-state index contributed by atoms with van der Waals surface area (Å²) < 4.78 is 43.6. The maximum absolute atomic E-state index is 13.8. The first-order valence-electron chi connectivity index (χ1n) is 10.3. The molecule has 0 spiro atoms. The summed E-state index contributed by atoms with van der Waals surface area (Å²) in [4.78, 5) is 4.68. The average molecular weight is 416 g/mol. The van der Waals surface area contributed by atoms with Crippen LogP contribution in [0.1, 0.15) is 19.4 Å². The maximum atomic E-state index is 13.8. The SMILES string of the molecule is CC(C)(Cc1cc2ccnc3c4ccccc4n4c5ccccc5c1c4c23)C(F)(F)F. The van der Waals surface area contributed by atoms with Crippen LogP contribution in [0.4, 0.5) is 13.2 Å². The molecule has 0 aliphatic carbocycles. The highest BCUT2D eigenvalue weighted by Gasteiger charge is 2.47. The number of hydrogen-bond donors (Lipinski definition) is 0. The Hall–Kier alpha value is -3.34. The van der Waals surface area contributed by atoms with Gasteiger partial charge in [0, 0.05) is 27.7 Å². The Kier molecular flexibility index (Phi) is 3.49. The van der Waals surface area contributed by atoms with Crippen LogP contribution >= 0.6 is 0 Å². The molecule has 5 heteroatoms. The van der Waals surface area contributed by atoms with E-state index < -0.39 is 11.6 Å². The molecule has 0 fully saturated rings. The second-order valence-electron chi connectivity index (χ2n) is 8.95. The van der Waals surface area contributed by atoms with Gasteiger partial charge in [-0.3, -0.25) is 4.98 Å². The van der Waals surface area contributed by atoms with Crippen LogP contribution in [-0.4, -0.2) is 15.6 Å². The number of pyridine rings is 2. The third-order valence-electron chi connectivity index (χ3n) is 6.55. The summed E-state index contributed by atoms with van der Waals surface area (Å²) in [6.07, 6.45) is -2.63. The molecule has 3 aromatic carbocycles. The van der Waals surface area contributed by atoms with Gasteiger partial charge in [-0.05, 0) is 35.6 Å². The van der Waals surface area contributed by atoms with Crippen molar-refractivity contribution >= 4 is 49.0 Å². The van der Waals surface area contributed by atoms with Crippen molar-refractivity contribution in [2.75, 3.05) is 0 Å². The van der Waals surface area contributed by atoms with Gasteiger partial charge in [0.25, 0.3) is 0 Å². The van der Waals surface area contributed by atoms with Crippen LogP contribution in [0.5, 0.6) is 0 Å². The molecule has 3 heterocycles. The third-order valence-corrected chi connectivity index (χ3v) is 6.55. The lowest BCUT2D eigenvalue weighted by molar-refractivity contribution is -0.210. The van der Waals surface area contributed by atoms with Crippen molar-refractivity contribution in [3.8, 4) is 0 Å². The Morgan fingerprint density at radius 3 is 2.19 bits per heavy atom. The molecule has 0 saturated carbocycles. The number of nitrogens with zero attached hydrogens (tertiary/aromatic N) is 2. The molecule has 0 aliphatic heterocycles. The van der Waals surface area contributed by atoms with E-state index in [0.29, 0.717) is 0 Å². The van der Waals surface area contributed by atoms with Gasteiger partial charge >= 0.3 is 6.18 Å². The Morgan fingerprint density at radius 1 is 0.839 bits per heavy atom. The molecule has 0 radical (unpaired) electrons. The lowest BCUT2D eigenvalue weighted by Gasteiger charge is -2.28. The smallest absolute Gasteiger partial charge is 0.308 e. The van der Waals surface area contributed by atoms with E-state index >= 15 is 0 Å². The first kappa shape index (κ1) is 18.4. The van der Waals surface area contributed by atoms with Crippen LogP contribution in [0.15, 0.2) is 66.9 Å². The van der Waals surface area contributed by atoms with Gasteiger partial charge in [0.2, 0.25) is 0 Å². The third kappa shape index (κ3) is 2.37. The van der Waals surface area contributed by atoms with Crippen LogP contribution < -0.4 is 0 Å². The fraction of sp³-hybridized carbons (Fsp3) is 0.192. The second-order valence-corrected chi connectivity index (χ2v) is 8.95. The van der Waals surface area contributed by atoms with Gasteiger partial charge in [-0.2, -0.15) is 13.2 Å². The van der Waals surface area contributed by atoms with Crippen molar-refractivity contribution in [3.05, 3.63) is 72.4 Å². The summed E-state index contributed by atoms with van der Waals surface area (Å²) in [6.45, 7) is 2.56. The van der Waals surface area contributed by atoms with E-state index in [1.54, 1.807) is 6.20 Å². The zero-order chi connectivity index (χ0) is 21.5. The van der Waals surface area contributed by atoms with Crippen LogP contribution in [0.3, 0.4) is 0 Å². The van der Waals surface area contributed by atoms with E-state index in [1.165, 1.54) is 13.8 Å². The van der Waals surface area contributed by atoms with Crippen molar-refractivity contribution in [2.24, 2.45) is 5.41 Å². The Bertz CT molecular complexity index is 1620. The maximum Gasteiger partial charge on any atom is 0.394 e. The summed E-state index contributed by atoms with van der Waals surface area (Å²) >= 11 is 0. The highest BCUT2D eigenvalue weighted by atomic mass is 19.4. The molecule has 0 atom stereocenters. The van der Waals surface area contributed by atoms with Gasteiger partial charge < -0.3 is 4.40 Å². The number of para-hydroxylation sites is 2. The molecule has 0 aliphatic rings. The van der Waals surface area contributed by atoms with Crippen LogP contribution in [-0.2, 0) is 6.42 Å². The normalized spacial score (nSPS) is 13.5. The topological polar surface area (TPSA) is 17.3 Å². The zero-order valence-corrected chi connectivity index (χ0v) is 17.1. The highest BCUT2D eigenvalue weighted by Crippen LogP contribution is 2.46. The molecule has 2 nitrogen and oxygen atoms in total. The molecule has 0 amide bonds. The number of halogens is 3. The standard InChI is InChI=1S/C26H19F3N2/c1-25(2,26(27,28)29)14-16-13-15-11-12-30-23-18-8-4-6-10-20(18)31-19-9-5-3-7-17(19)21(16)24(31)22(15)23/h3-13H,14H2,1-2H3. The molecule has 6 aromatic rings. The van der Waals surface area contributed by atoms with E-state index in [1.807, 2.05) is 48.5 Å². The molecule has 0 bridgehead atoms. The van der Waals surface area contributed by atoms with Gasteiger partial charge in [-0.1, -0.05) is 56.3 Å². The molecular formula is C26H19F3N2. The average Bonchev–Trinajstić information content (AvgIpc) is 3.09. The molecule has 3 aromatic heterocycles. The molecule has 6 rings (SSSR count). The van der Waals surface area contributed by atoms with Gasteiger partial charge in [0.05, 0.1) is 27.5 Å². The summed E-state index contributed by atoms with van der Waals surface area (Å²) in [5.41, 5.74) is 2.72. The monoisotopic (exact) mass is 416 g/mol. The fourth-order valence-electron chi connectivity index (χ4n) is 4.95. The van der Waals surface area contributed by atoms with Crippen molar-refractivity contribution in [1.82, 2.24) is 9.38 Å². The number of hydrogen-bond acceptors (Lipinski definition) is 1. The summed E-state index contributed by atoms with van der Waals surface area (Å²) in [6, 6.07) is 19.9. The number of rotatable bonds is 2. The molecule has 0 saturated heterocycles. The minimum Gasteiger partial charge on any atom is -0.308 e. The zero-order valence-electron chi connectivity index (χ0n) is 17.1. The predicted molar refractivity (Wildman–Crippen MR) is 120 cm³/mol. The Balaban J connectivity index is 1.89. The van der Waals surface area contributed by atoms with E-state index in [4.69, 9.17) is 0 Å². The van der Waals surface area contributed by atoms with Gasteiger partial charge in [0.15, 0.2) is 0 Å². The highest BCUT2D eigenvalue weighted by molar-refractivity contribution is 6.28. The first-order chi connectivity index (χ1) is 14.8. The van der Waals surface area contributed by atoms with Crippen LogP contribution in [0.2, 0.25) is 0 Å². The summed E-state index contributed by atoms with van der Waals surface area (Å²) in [7, 11) is 0. The first-order valence-corrected chi connectivity index (χ1v) is 10.3. The van der Waals surface area contributed by atoms with Crippen LogP contribution in [0.25, 0.3) is 49.0 Å². The fourth-order valence-corrected chi connectivity index (χ4v) is 4.95. The molecule has 154 valence electrons. The van der Waals surface area contributed by atoms with Gasteiger partial charge in [-0.25, -0.2) is 0 Å². The Labute approximate surface area is 176 Å².